The van der Waals surface area contributed by atoms with E-state index in [-0.39, 0.29) is 25.2 Å². The van der Waals surface area contributed by atoms with Crippen molar-refractivity contribution in [3.05, 3.63) is 146 Å². The zero-order chi connectivity index (χ0) is 50.6. The van der Waals surface area contributed by atoms with Gasteiger partial charge in [-0.05, 0) is 122 Å². The normalized spacial score (nSPS) is 13.4. The van der Waals surface area contributed by atoms with Crippen molar-refractivity contribution in [1.82, 2.24) is 0 Å². The van der Waals surface area contributed by atoms with E-state index < -0.39 is 6.10 Å². The third-order valence-corrected chi connectivity index (χ3v) is 11.6. The smallest absolute Gasteiger partial charge is 0.306 e. The van der Waals surface area contributed by atoms with E-state index in [1.165, 1.54) is 77.0 Å². The van der Waals surface area contributed by atoms with Crippen LogP contribution in [0.15, 0.2) is 146 Å². The lowest BCUT2D eigenvalue weighted by atomic mass is 10.1. The number of ether oxygens (including phenoxy) is 2. The summed E-state index contributed by atoms with van der Waals surface area (Å²) in [7, 11) is 0. The van der Waals surface area contributed by atoms with Gasteiger partial charge in [-0.2, -0.15) is 0 Å². The number of hydrogen-bond donors (Lipinski definition) is 1. The van der Waals surface area contributed by atoms with Gasteiger partial charge in [-0.3, -0.25) is 9.59 Å². The fourth-order valence-electron chi connectivity index (χ4n) is 7.38. The molecule has 0 fully saturated rings. The van der Waals surface area contributed by atoms with Crippen molar-refractivity contribution >= 4 is 11.9 Å². The second-order valence-corrected chi connectivity index (χ2v) is 18.3. The Hall–Kier alpha value is -4.22. The van der Waals surface area contributed by atoms with Crippen LogP contribution in [0.2, 0.25) is 0 Å². The third-order valence-electron chi connectivity index (χ3n) is 11.6. The molecule has 70 heavy (non-hydrogen) atoms. The molecule has 0 aromatic rings. The van der Waals surface area contributed by atoms with Crippen LogP contribution in [0.3, 0.4) is 0 Å². The van der Waals surface area contributed by atoms with Crippen LogP contribution in [0, 0.1) is 0 Å². The van der Waals surface area contributed by atoms with Crippen molar-refractivity contribution in [2.24, 2.45) is 0 Å². The summed E-state index contributed by atoms with van der Waals surface area (Å²) < 4.78 is 10.7. The molecule has 0 bridgehead atoms. The summed E-state index contributed by atoms with van der Waals surface area (Å²) in [5.41, 5.74) is 0. The zero-order valence-electron chi connectivity index (χ0n) is 45.0. The molecule has 1 N–H and O–H groups in total. The van der Waals surface area contributed by atoms with Crippen LogP contribution in [0.25, 0.3) is 0 Å². The van der Waals surface area contributed by atoms with E-state index in [1.807, 2.05) is 0 Å². The Morgan fingerprint density at radius 2 is 0.614 bits per heavy atom. The van der Waals surface area contributed by atoms with Crippen molar-refractivity contribution < 1.29 is 24.2 Å². The molecule has 0 aromatic heterocycles. The number of unbranched alkanes of at least 4 members (excludes halogenated alkanes) is 18. The highest BCUT2D eigenvalue weighted by Gasteiger charge is 2.16. The Kier molecular flexibility index (Phi) is 55.5. The Morgan fingerprint density at radius 3 is 0.943 bits per heavy atom. The first-order chi connectivity index (χ1) is 34.6. The molecule has 394 valence electrons. The number of aliphatic hydroxyl groups is 1. The fourth-order valence-corrected chi connectivity index (χ4v) is 7.38. The van der Waals surface area contributed by atoms with E-state index in [0.717, 1.165) is 128 Å². The quantitative estimate of drug-likeness (QED) is 0.0374. The molecular formula is C65H104O5. The van der Waals surface area contributed by atoms with Gasteiger partial charge in [-0.25, -0.2) is 0 Å². The molecule has 5 nitrogen and oxygen atoms in total. The van der Waals surface area contributed by atoms with E-state index in [1.54, 1.807) is 0 Å². The maximum atomic E-state index is 12.3. The fraction of sp³-hybridized carbons (Fsp3) is 0.600. The second-order valence-electron chi connectivity index (χ2n) is 18.3. The van der Waals surface area contributed by atoms with Gasteiger partial charge >= 0.3 is 11.9 Å². The lowest BCUT2D eigenvalue weighted by Gasteiger charge is -2.15. The van der Waals surface area contributed by atoms with Gasteiger partial charge in [-0.15, -0.1) is 0 Å². The molecule has 0 saturated carbocycles. The minimum absolute atomic E-state index is 0.0839. The number of carbonyl (C=O) groups excluding carboxylic acids is 2. The van der Waals surface area contributed by atoms with Gasteiger partial charge in [0.1, 0.15) is 6.61 Å². The molecule has 0 saturated heterocycles. The van der Waals surface area contributed by atoms with E-state index in [0.29, 0.717) is 12.8 Å². The van der Waals surface area contributed by atoms with Crippen LogP contribution in [0.4, 0.5) is 0 Å². The molecule has 0 spiro atoms. The molecule has 0 aliphatic carbocycles. The van der Waals surface area contributed by atoms with Gasteiger partial charge in [0.25, 0.3) is 0 Å². The van der Waals surface area contributed by atoms with Crippen molar-refractivity contribution in [3.63, 3.8) is 0 Å². The monoisotopic (exact) mass is 965 g/mol. The SMILES string of the molecule is CC/C=C\C/C=C\C/C=C\C/C=C\C/C=C\C/C=C\C/C=C\C/C=C\C/C=C\C/C=C\C/C=C\CCCCCCCC(=O)OC(CO)COC(=O)CCCCCCCCC/C=C\CCCCCCCC. The largest absolute Gasteiger partial charge is 0.462 e. The van der Waals surface area contributed by atoms with Gasteiger partial charge in [0.15, 0.2) is 6.10 Å². The van der Waals surface area contributed by atoms with Crippen LogP contribution in [0.5, 0.6) is 0 Å². The van der Waals surface area contributed by atoms with Crippen LogP contribution >= 0.6 is 0 Å². The highest BCUT2D eigenvalue weighted by atomic mass is 16.6. The number of rotatable bonds is 50. The Balaban J connectivity index is 3.66. The van der Waals surface area contributed by atoms with Crippen LogP contribution in [-0.4, -0.2) is 36.4 Å². The molecule has 0 amide bonds. The Labute approximate surface area is 431 Å². The van der Waals surface area contributed by atoms with Crippen molar-refractivity contribution in [1.29, 1.82) is 0 Å². The van der Waals surface area contributed by atoms with Gasteiger partial charge in [-0.1, -0.05) is 243 Å². The lowest BCUT2D eigenvalue weighted by Crippen LogP contribution is -2.28. The average Bonchev–Trinajstić information content (AvgIpc) is 3.36. The molecule has 1 unspecified atom stereocenters. The van der Waals surface area contributed by atoms with E-state index >= 15 is 0 Å². The summed E-state index contributed by atoms with van der Waals surface area (Å²) in [5, 5.41) is 9.64. The number of aliphatic hydroxyl groups excluding tert-OH is 1. The minimum Gasteiger partial charge on any atom is -0.462 e. The van der Waals surface area contributed by atoms with Gasteiger partial charge in [0.05, 0.1) is 6.61 Å². The van der Waals surface area contributed by atoms with Gasteiger partial charge < -0.3 is 14.6 Å². The number of esters is 2. The summed E-state index contributed by atoms with van der Waals surface area (Å²) in [4.78, 5) is 24.5. The number of carbonyl (C=O) groups is 2. The Morgan fingerprint density at radius 1 is 0.343 bits per heavy atom. The highest BCUT2D eigenvalue weighted by Crippen LogP contribution is 2.13. The molecule has 0 heterocycles. The van der Waals surface area contributed by atoms with Crippen molar-refractivity contribution in [2.75, 3.05) is 13.2 Å². The Bertz CT molecular complexity index is 1510. The second kappa shape index (κ2) is 59.1. The number of allylic oxidation sites excluding steroid dienone is 24. The van der Waals surface area contributed by atoms with E-state index in [4.69, 9.17) is 9.47 Å². The first-order valence-corrected chi connectivity index (χ1v) is 28.4. The number of hydrogen-bond acceptors (Lipinski definition) is 5. The summed E-state index contributed by atoms with van der Waals surface area (Å²) in [6.45, 7) is 4.00. The molecule has 1 atom stereocenters. The average molecular weight is 966 g/mol. The molecule has 0 aliphatic heterocycles. The van der Waals surface area contributed by atoms with Crippen LogP contribution in [-0.2, 0) is 19.1 Å². The van der Waals surface area contributed by atoms with E-state index in [2.05, 4.69) is 160 Å². The summed E-state index contributed by atoms with van der Waals surface area (Å²) >= 11 is 0. The van der Waals surface area contributed by atoms with Crippen molar-refractivity contribution in [3.8, 4) is 0 Å². The van der Waals surface area contributed by atoms with Crippen LogP contribution < -0.4 is 0 Å². The van der Waals surface area contributed by atoms with Gasteiger partial charge in [0.2, 0.25) is 0 Å². The van der Waals surface area contributed by atoms with Crippen molar-refractivity contribution in [2.45, 2.75) is 238 Å². The highest BCUT2D eigenvalue weighted by molar-refractivity contribution is 5.70. The molecule has 0 aromatic carbocycles. The minimum atomic E-state index is -0.794. The maximum Gasteiger partial charge on any atom is 0.306 e. The third kappa shape index (κ3) is 56.4. The lowest BCUT2D eigenvalue weighted by molar-refractivity contribution is -0.161. The first kappa shape index (κ1) is 65.8. The standard InChI is InChI=1S/C65H104O5/c1-3-5-7-9-11-13-15-17-19-21-22-23-24-25-26-27-28-29-30-31-32-33-34-35-36-37-38-39-40-41-42-44-46-48-50-52-54-56-58-60-65(68)70-63(61-66)62-69-64(67)59-57-55-53-51-49-47-45-43-20-18-16-14-12-10-8-6-4-2/h5,7,11,13,17-20,22-23,25-26,28-29,31-32,34-35,37-38,40-41,44,46,63,66H,3-4,6,8-10,12,14-16,21,24,27,30,33,36,39,42-43,45,47-62H2,1-2H3/b7-5-,13-11-,19-17-,20-18-,23-22-,26-25-,29-28-,32-31-,35-34-,38-37-,41-40-,46-44-. The van der Waals surface area contributed by atoms with Gasteiger partial charge in [0, 0.05) is 12.8 Å². The topological polar surface area (TPSA) is 72.8 Å². The summed E-state index contributed by atoms with van der Waals surface area (Å²) in [5.74, 6) is -0.625. The van der Waals surface area contributed by atoms with E-state index in [9.17, 15) is 14.7 Å². The summed E-state index contributed by atoms with van der Waals surface area (Å²) in [6.07, 6.45) is 89.5. The molecule has 0 aliphatic rings. The molecule has 0 rings (SSSR count). The maximum absolute atomic E-state index is 12.3. The summed E-state index contributed by atoms with van der Waals surface area (Å²) in [6, 6.07) is 0. The molecular weight excluding hydrogens is 861 g/mol. The van der Waals surface area contributed by atoms with Crippen LogP contribution in [0.1, 0.15) is 232 Å². The molecule has 5 heteroatoms. The molecule has 0 radical (unpaired) electrons. The zero-order valence-corrected chi connectivity index (χ0v) is 45.0. The first-order valence-electron chi connectivity index (χ1n) is 28.4. The predicted molar refractivity (Wildman–Crippen MR) is 306 cm³/mol. The predicted octanol–water partition coefficient (Wildman–Crippen LogP) is 19.4.